The van der Waals surface area contributed by atoms with Gasteiger partial charge in [0, 0.05) is 31.7 Å². The Hall–Kier alpha value is -0.770. The van der Waals surface area contributed by atoms with Gasteiger partial charge in [-0.1, -0.05) is 26.2 Å². The van der Waals surface area contributed by atoms with Crippen LogP contribution >= 0.6 is 0 Å². The second kappa shape index (κ2) is 9.39. The van der Waals surface area contributed by atoms with Crippen LogP contribution in [0.3, 0.4) is 0 Å². The van der Waals surface area contributed by atoms with E-state index >= 15 is 0 Å². The van der Waals surface area contributed by atoms with Crippen LogP contribution < -0.4 is 10.6 Å². The molecule has 0 amide bonds. The minimum atomic E-state index is 0.510. The second-order valence-corrected chi connectivity index (χ2v) is 7.14. The Balaban J connectivity index is 1.71. The number of unbranched alkanes of at least 4 members (excludes halogenated alkanes) is 2. The molecule has 2 atom stereocenters. The minimum absolute atomic E-state index is 0.510. The molecule has 4 nitrogen and oxygen atoms in total. The molecule has 0 radical (unpaired) electrons. The number of likely N-dealkylation sites (tertiary alicyclic amines) is 1. The molecule has 2 fully saturated rings. The van der Waals surface area contributed by atoms with Crippen molar-refractivity contribution in [3.05, 3.63) is 0 Å². The highest BCUT2D eigenvalue weighted by atomic mass is 15.2. The molecule has 1 aliphatic heterocycles. The third-order valence-electron chi connectivity index (χ3n) is 4.86. The first-order valence-electron chi connectivity index (χ1n) is 9.51. The van der Waals surface area contributed by atoms with Crippen molar-refractivity contribution >= 4 is 5.96 Å². The number of hydrogen-bond acceptors (Lipinski definition) is 2. The largest absolute Gasteiger partial charge is 0.357 e. The number of guanidine groups is 1. The maximum absolute atomic E-state index is 4.85. The summed E-state index contributed by atoms with van der Waals surface area (Å²) in [5.74, 6) is 1.77. The van der Waals surface area contributed by atoms with E-state index in [1.54, 1.807) is 0 Å². The van der Waals surface area contributed by atoms with Gasteiger partial charge in [-0.2, -0.15) is 0 Å². The van der Waals surface area contributed by atoms with Gasteiger partial charge in [-0.3, -0.25) is 4.99 Å². The first-order chi connectivity index (χ1) is 10.7. The molecule has 128 valence electrons. The van der Waals surface area contributed by atoms with Gasteiger partial charge in [0.15, 0.2) is 5.96 Å². The van der Waals surface area contributed by atoms with Crippen molar-refractivity contribution in [2.24, 2.45) is 10.9 Å². The fourth-order valence-corrected chi connectivity index (χ4v) is 3.33. The van der Waals surface area contributed by atoms with E-state index in [-0.39, 0.29) is 0 Å². The molecule has 1 saturated carbocycles. The summed E-state index contributed by atoms with van der Waals surface area (Å²) in [6.07, 6.45) is 9.34. The van der Waals surface area contributed by atoms with Gasteiger partial charge in [0.05, 0.1) is 0 Å². The maximum Gasteiger partial charge on any atom is 0.191 e. The Morgan fingerprint density at radius 2 is 2.05 bits per heavy atom. The molecule has 1 saturated heterocycles. The fourth-order valence-electron chi connectivity index (χ4n) is 3.33. The molecule has 0 aromatic carbocycles. The van der Waals surface area contributed by atoms with Crippen LogP contribution in [0.5, 0.6) is 0 Å². The van der Waals surface area contributed by atoms with Gasteiger partial charge in [0.1, 0.15) is 0 Å². The molecule has 0 bridgehead atoms. The zero-order valence-electron chi connectivity index (χ0n) is 14.9. The summed E-state index contributed by atoms with van der Waals surface area (Å²) in [5.41, 5.74) is 0. The minimum Gasteiger partial charge on any atom is -0.357 e. The molecule has 2 rings (SSSR count). The average molecular weight is 309 g/mol. The van der Waals surface area contributed by atoms with Crippen molar-refractivity contribution < 1.29 is 0 Å². The average Bonchev–Trinajstić information content (AvgIpc) is 3.24. The van der Waals surface area contributed by atoms with E-state index in [9.17, 15) is 0 Å². The molecule has 2 aliphatic rings. The summed E-state index contributed by atoms with van der Waals surface area (Å²) in [5, 5.41) is 6.97. The fraction of sp³-hybridized carbons (Fsp3) is 0.944. The molecule has 0 spiro atoms. The Bertz CT molecular complexity index is 338. The Morgan fingerprint density at radius 3 is 2.73 bits per heavy atom. The molecule has 4 heteroatoms. The molecule has 2 N–H and O–H groups in total. The Kier molecular flexibility index (Phi) is 7.50. The summed E-state index contributed by atoms with van der Waals surface area (Å²) in [6, 6.07) is 1.43. The summed E-state index contributed by atoms with van der Waals surface area (Å²) in [7, 11) is 0. The molecule has 1 heterocycles. The highest BCUT2D eigenvalue weighted by Crippen LogP contribution is 2.31. The van der Waals surface area contributed by atoms with Gasteiger partial charge in [-0.15, -0.1) is 0 Å². The van der Waals surface area contributed by atoms with Gasteiger partial charge < -0.3 is 15.5 Å². The van der Waals surface area contributed by atoms with Crippen molar-refractivity contribution in [2.75, 3.05) is 26.2 Å². The lowest BCUT2D eigenvalue weighted by Gasteiger charge is -2.18. The van der Waals surface area contributed by atoms with Crippen molar-refractivity contribution in [3.8, 4) is 0 Å². The number of nitrogens with one attached hydrogen (secondary N) is 2. The zero-order valence-corrected chi connectivity index (χ0v) is 14.9. The first kappa shape index (κ1) is 17.6. The zero-order chi connectivity index (χ0) is 15.8. The number of aliphatic imine (C=N–C) groups is 1. The van der Waals surface area contributed by atoms with E-state index in [2.05, 4.69) is 36.3 Å². The maximum atomic E-state index is 4.85. The molecule has 0 aromatic heterocycles. The number of rotatable bonds is 9. The third-order valence-corrected chi connectivity index (χ3v) is 4.86. The van der Waals surface area contributed by atoms with Crippen LogP contribution in [0.2, 0.25) is 0 Å². The van der Waals surface area contributed by atoms with E-state index in [1.807, 2.05) is 0 Å². The van der Waals surface area contributed by atoms with E-state index in [0.29, 0.717) is 6.04 Å². The summed E-state index contributed by atoms with van der Waals surface area (Å²) >= 11 is 0. The standard InChI is InChI=1S/C18H36N4/c1-4-6-7-8-15(3)21-18(19-5-2)20-13-16-11-12-22(14-16)17-9-10-17/h15-17H,4-14H2,1-3H3,(H2,19,20,21). The van der Waals surface area contributed by atoms with Crippen molar-refractivity contribution in [1.29, 1.82) is 0 Å². The van der Waals surface area contributed by atoms with Gasteiger partial charge >= 0.3 is 0 Å². The lowest BCUT2D eigenvalue weighted by atomic mass is 10.1. The van der Waals surface area contributed by atoms with Crippen LogP contribution in [0.25, 0.3) is 0 Å². The lowest BCUT2D eigenvalue weighted by molar-refractivity contribution is 0.315. The highest BCUT2D eigenvalue weighted by molar-refractivity contribution is 5.80. The van der Waals surface area contributed by atoms with Gasteiger partial charge in [-0.25, -0.2) is 0 Å². The Morgan fingerprint density at radius 1 is 1.23 bits per heavy atom. The lowest BCUT2D eigenvalue weighted by Crippen LogP contribution is -2.42. The molecule has 0 aromatic rings. The van der Waals surface area contributed by atoms with E-state index in [4.69, 9.17) is 4.99 Å². The van der Waals surface area contributed by atoms with Gasteiger partial charge in [-0.05, 0) is 52.0 Å². The smallest absolute Gasteiger partial charge is 0.191 e. The predicted molar refractivity (Wildman–Crippen MR) is 95.4 cm³/mol. The summed E-state index contributed by atoms with van der Waals surface area (Å²) in [4.78, 5) is 7.52. The highest BCUT2D eigenvalue weighted by Gasteiger charge is 2.34. The van der Waals surface area contributed by atoms with Crippen molar-refractivity contribution in [2.45, 2.75) is 77.8 Å². The van der Waals surface area contributed by atoms with Gasteiger partial charge in [0.25, 0.3) is 0 Å². The van der Waals surface area contributed by atoms with Crippen LogP contribution in [-0.2, 0) is 0 Å². The number of nitrogens with zero attached hydrogens (tertiary/aromatic N) is 2. The van der Waals surface area contributed by atoms with Gasteiger partial charge in [0.2, 0.25) is 0 Å². The normalized spacial score (nSPS) is 24.5. The first-order valence-corrected chi connectivity index (χ1v) is 9.51. The summed E-state index contributed by atoms with van der Waals surface area (Å²) in [6.45, 7) is 11.1. The second-order valence-electron chi connectivity index (χ2n) is 7.14. The summed E-state index contributed by atoms with van der Waals surface area (Å²) < 4.78 is 0. The van der Waals surface area contributed by atoms with Crippen LogP contribution in [0.15, 0.2) is 4.99 Å². The molecule has 2 unspecified atom stereocenters. The monoisotopic (exact) mass is 308 g/mol. The van der Waals surface area contributed by atoms with Crippen LogP contribution in [-0.4, -0.2) is 49.1 Å². The Labute approximate surface area is 137 Å². The third kappa shape index (κ3) is 6.15. The van der Waals surface area contributed by atoms with Crippen LogP contribution in [0.4, 0.5) is 0 Å². The van der Waals surface area contributed by atoms with Crippen molar-refractivity contribution in [1.82, 2.24) is 15.5 Å². The topological polar surface area (TPSA) is 39.7 Å². The van der Waals surface area contributed by atoms with Crippen LogP contribution in [0, 0.1) is 5.92 Å². The quantitative estimate of drug-likeness (QED) is 0.391. The molecular weight excluding hydrogens is 272 g/mol. The number of hydrogen-bond donors (Lipinski definition) is 2. The van der Waals surface area contributed by atoms with Crippen molar-refractivity contribution in [3.63, 3.8) is 0 Å². The van der Waals surface area contributed by atoms with E-state index < -0.39 is 0 Å². The van der Waals surface area contributed by atoms with E-state index in [0.717, 1.165) is 31.0 Å². The molecular formula is C18H36N4. The molecule has 1 aliphatic carbocycles. The van der Waals surface area contributed by atoms with Crippen LogP contribution in [0.1, 0.15) is 65.7 Å². The SMILES string of the molecule is CCCCCC(C)NC(=NCC1CCN(C2CC2)C1)NCC. The van der Waals surface area contributed by atoms with E-state index in [1.165, 1.54) is 58.0 Å². The predicted octanol–water partition coefficient (Wildman–Crippen LogP) is 2.99. The molecule has 22 heavy (non-hydrogen) atoms.